The van der Waals surface area contributed by atoms with Gasteiger partial charge in [-0.3, -0.25) is 9.59 Å². The zero-order valence-electron chi connectivity index (χ0n) is 16.0. The Morgan fingerprint density at radius 3 is 2.36 bits per heavy atom. The molecule has 0 spiro atoms. The van der Waals surface area contributed by atoms with Gasteiger partial charge in [0.1, 0.15) is 5.75 Å². The monoisotopic (exact) mass is 399 g/mol. The number of carbonyl (C=O) groups excluding carboxylic acids is 2. The van der Waals surface area contributed by atoms with Crippen molar-refractivity contribution >= 4 is 35.0 Å². The Hall–Kier alpha value is -2.67. The number of methoxy groups -OCH3 is 1. The maximum absolute atomic E-state index is 12.4. The van der Waals surface area contributed by atoms with Gasteiger partial charge in [0.25, 0.3) is 0 Å². The number of ether oxygens (including phenoxy) is 1. The molecule has 0 aliphatic carbocycles. The van der Waals surface area contributed by atoms with E-state index in [1.807, 2.05) is 59.5 Å². The lowest BCUT2D eigenvalue weighted by molar-refractivity contribution is -0.128. The van der Waals surface area contributed by atoms with E-state index in [2.05, 4.69) is 10.2 Å². The first-order valence-corrected chi connectivity index (χ1v) is 10.4. The van der Waals surface area contributed by atoms with Crippen LogP contribution in [0.1, 0.15) is 0 Å². The molecular weight excluding hydrogens is 374 g/mol. The van der Waals surface area contributed by atoms with E-state index >= 15 is 0 Å². The van der Waals surface area contributed by atoms with Gasteiger partial charge < -0.3 is 19.9 Å². The van der Waals surface area contributed by atoms with Crippen LogP contribution in [0, 0.1) is 0 Å². The van der Waals surface area contributed by atoms with E-state index in [9.17, 15) is 9.59 Å². The molecule has 1 aliphatic rings. The fourth-order valence-corrected chi connectivity index (χ4v) is 3.85. The summed E-state index contributed by atoms with van der Waals surface area (Å²) in [5.74, 6) is 1.42. The topological polar surface area (TPSA) is 61.9 Å². The van der Waals surface area contributed by atoms with Gasteiger partial charge in [-0.1, -0.05) is 30.3 Å². The van der Waals surface area contributed by atoms with Crippen molar-refractivity contribution in [3.63, 3.8) is 0 Å². The molecule has 3 rings (SSSR count). The first kappa shape index (κ1) is 20.1. The Morgan fingerprint density at radius 2 is 1.64 bits per heavy atom. The zero-order valence-corrected chi connectivity index (χ0v) is 16.8. The number of nitrogens with zero attached hydrogens (tertiary/aromatic N) is 2. The molecule has 1 heterocycles. The SMILES string of the molecule is COc1ccccc1N1CCN(C(=O)CSCC(=O)Nc2ccccc2)CC1. The number of amides is 2. The first-order valence-electron chi connectivity index (χ1n) is 9.26. The molecule has 6 nitrogen and oxygen atoms in total. The molecule has 2 aromatic rings. The predicted molar refractivity (Wildman–Crippen MR) is 114 cm³/mol. The molecule has 1 aliphatic heterocycles. The normalized spacial score (nSPS) is 13.9. The maximum Gasteiger partial charge on any atom is 0.234 e. The molecule has 2 amide bonds. The van der Waals surface area contributed by atoms with Crippen molar-refractivity contribution in [1.82, 2.24) is 4.90 Å². The second kappa shape index (κ2) is 10.0. The highest BCUT2D eigenvalue weighted by molar-refractivity contribution is 8.00. The van der Waals surface area contributed by atoms with Crippen LogP contribution < -0.4 is 15.0 Å². The fraction of sp³-hybridized carbons (Fsp3) is 0.333. The van der Waals surface area contributed by atoms with Crippen LogP contribution >= 0.6 is 11.8 Å². The van der Waals surface area contributed by atoms with Gasteiger partial charge in [-0.05, 0) is 24.3 Å². The summed E-state index contributed by atoms with van der Waals surface area (Å²) in [4.78, 5) is 28.5. The average Bonchev–Trinajstić information content (AvgIpc) is 2.74. The lowest BCUT2D eigenvalue weighted by Gasteiger charge is -2.36. The lowest BCUT2D eigenvalue weighted by atomic mass is 10.2. The minimum atomic E-state index is -0.0926. The highest BCUT2D eigenvalue weighted by Gasteiger charge is 2.22. The standard InChI is InChI=1S/C21H25N3O3S/c1-27-19-10-6-5-9-18(19)23-11-13-24(14-12-23)21(26)16-28-15-20(25)22-17-7-3-2-4-8-17/h2-10H,11-16H2,1H3,(H,22,25). The van der Waals surface area contributed by atoms with Crippen LogP contribution in [0.3, 0.4) is 0 Å². The maximum atomic E-state index is 12.4. The minimum Gasteiger partial charge on any atom is -0.495 e. The van der Waals surface area contributed by atoms with Crippen molar-refractivity contribution in [2.24, 2.45) is 0 Å². The molecule has 0 unspecified atom stereocenters. The van der Waals surface area contributed by atoms with Crippen LogP contribution in [-0.4, -0.2) is 61.5 Å². The summed E-state index contributed by atoms with van der Waals surface area (Å²) >= 11 is 1.35. The number of nitrogens with one attached hydrogen (secondary N) is 1. The molecule has 0 radical (unpaired) electrons. The molecular formula is C21H25N3O3S. The van der Waals surface area contributed by atoms with Crippen molar-refractivity contribution < 1.29 is 14.3 Å². The summed E-state index contributed by atoms with van der Waals surface area (Å²) in [7, 11) is 1.67. The van der Waals surface area contributed by atoms with Gasteiger partial charge in [0.05, 0.1) is 24.3 Å². The number of hydrogen-bond donors (Lipinski definition) is 1. The van der Waals surface area contributed by atoms with Crippen LogP contribution in [0.15, 0.2) is 54.6 Å². The van der Waals surface area contributed by atoms with Crippen LogP contribution in [-0.2, 0) is 9.59 Å². The van der Waals surface area contributed by atoms with Crippen LogP contribution in [0.4, 0.5) is 11.4 Å². The zero-order chi connectivity index (χ0) is 19.8. The fourth-order valence-electron chi connectivity index (χ4n) is 3.13. The third kappa shape index (κ3) is 5.42. The number of benzene rings is 2. The largest absolute Gasteiger partial charge is 0.495 e. The van der Waals surface area contributed by atoms with Crippen molar-refractivity contribution in [3.8, 4) is 5.75 Å². The molecule has 2 aromatic carbocycles. The molecule has 0 atom stereocenters. The van der Waals surface area contributed by atoms with E-state index in [0.717, 1.165) is 30.2 Å². The highest BCUT2D eigenvalue weighted by Crippen LogP contribution is 2.28. The molecule has 28 heavy (non-hydrogen) atoms. The van der Waals surface area contributed by atoms with E-state index in [-0.39, 0.29) is 17.6 Å². The van der Waals surface area contributed by atoms with Gasteiger partial charge in [-0.25, -0.2) is 0 Å². The second-order valence-corrected chi connectivity index (χ2v) is 7.43. The summed E-state index contributed by atoms with van der Waals surface area (Å²) in [6.45, 7) is 2.89. The van der Waals surface area contributed by atoms with E-state index in [0.29, 0.717) is 18.8 Å². The lowest BCUT2D eigenvalue weighted by Crippen LogP contribution is -2.49. The van der Waals surface area contributed by atoms with E-state index in [1.54, 1.807) is 7.11 Å². The van der Waals surface area contributed by atoms with Gasteiger partial charge in [-0.2, -0.15) is 0 Å². The van der Waals surface area contributed by atoms with E-state index < -0.39 is 0 Å². The minimum absolute atomic E-state index is 0.0807. The van der Waals surface area contributed by atoms with Gasteiger partial charge in [0.15, 0.2) is 0 Å². The predicted octanol–water partition coefficient (Wildman–Crippen LogP) is 2.72. The van der Waals surface area contributed by atoms with Gasteiger partial charge in [0.2, 0.25) is 11.8 Å². The highest BCUT2D eigenvalue weighted by atomic mass is 32.2. The average molecular weight is 400 g/mol. The Bertz CT molecular complexity index is 792. The first-order chi connectivity index (χ1) is 13.7. The van der Waals surface area contributed by atoms with Gasteiger partial charge in [-0.15, -0.1) is 11.8 Å². The summed E-state index contributed by atoms with van der Waals surface area (Å²) < 4.78 is 5.43. The Kier molecular flexibility index (Phi) is 7.19. The molecule has 0 aromatic heterocycles. The molecule has 1 saturated heterocycles. The number of thioether (sulfide) groups is 1. The molecule has 1 N–H and O–H groups in total. The number of carbonyl (C=O) groups is 2. The summed E-state index contributed by atoms with van der Waals surface area (Å²) in [6.07, 6.45) is 0. The third-order valence-corrected chi connectivity index (χ3v) is 5.49. The Morgan fingerprint density at radius 1 is 0.964 bits per heavy atom. The Balaban J connectivity index is 1.40. The molecule has 7 heteroatoms. The smallest absolute Gasteiger partial charge is 0.234 e. The van der Waals surface area contributed by atoms with Crippen molar-refractivity contribution in [2.45, 2.75) is 0 Å². The Labute approximate surface area is 169 Å². The van der Waals surface area contributed by atoms with E-state index in [4.69, 9.17) is 4.74 Å². The van der Waals surface area contributed by atoms with Crippen LogP contribution in [0.5, 0.6) is 5.75 Å². The van der Waals surface area contributed by atoms with Gasteiger partial charge >= 0.3 is 0 Å². The number of anilines is 2. The molecule has 1 fully saturated rings. The number of hydrogen-bond acceptors (Lipinski definition) is 5. The van der Waals surface area contributed by atoms with Crippen LogP contribution in [0.2, 0.25) is 0 Å². The summed E-state index contributed by atoms with van der Waals surface area (Å²) in [5, 5.41) is 2.83. The van der Waals surface area contributed by atoms with Crippen molar-refractivity contribution in [1.29, 1.82) is 0 Å². The molecule has 148 valence electrons. The number of rotatable bonds is 7. The van der Waals surface area contributed by atoms with Crippen LogP contribution in [0.25, 0.3) is 0 Å². The van der Waals surface area contributed by atoms with E-state index in [1.165, 1.54) is 11.8 Å². The summed E-state index contributed by atoms with van der Waals surface area (Å²) in [6, 6.07) is 17.3. The molecule has 0 bridgehead atoms. The van der Waals surface area contributed by atoms with Crippen molar-refractivity contribution in [2.75, 3.05) is 55.0 Å². The third-order valence-electron chi connectivity index (χ3n) is 4.57. The number of para-hydroxylation sites is 3. The number of piperazine rings is 1. The van der Waals surface area contributed by atoms with Crippen molar-refractivity contribution in [3.05, 3.63) is 54.6 Å². The second-order valence-electron chi connectivity index (χ2n) is 6.45. The quantitative estimate of drug-likeness (QED) is 0.776. The van der Waals surface area contributed by atoms with Gasteiger partial charge in [0, 0.05) is 31.9 Å². The summed E-state index contributed by atoms with van der Waals surface area (Å²) in [5.41, 5.74) is 1.83. The molecule has 0 saturated carbocycles.